The van der Waals surface area contributed by atoms with Crippen molar-refractivity contribution in [2.75, 3.05) is 19.7 Å². The van der Waals surface area contributed by atoms with E-state index in [4.69, 9.17) is 4.74 Å². The summed E-state index contributed by atoms with van der Waals surface area (Å²) in [4.78, 5) is 39.6. The van der Waals surface area contributed by atoms with Crippen LogP contribution >= 0.6 is 0 Å². The van der Waals surface area contributed by atoms with Crippen LogP contribution in [-0.4, -0.2) is 53.7 Å². The average molecular weight is 477 g/mol. The first-order chi connectivity index (χ1) is 16.9. The highest BCUT2D eigenvalue weighted by atomic mass is 16.5. The molecule has 2 unspecified atom stereocenters. The maximum Gasteiger partial charge on any atom is 0.407 e. The van der Waals surface area contributed by atoms with E-state index in [1.807, 2.05) is 31.2 Å². The van der Waals surface area contributed by atoms with Crippen molar-refractivity contribution in [2.24, 2.45) is 11.3 Å². The van der Waals surface area contributed by atoms with E-state index in [1.54, 1.807) is 0 Å². The molecule has 2 atom stereocenters. The summed E-state index contributed by atoms with van der Waals surface area (Å²) in [5.74, 6) is -1.22. The number of nitrogens with one attached hydrogen (secondary N) is 1. The lowest BCUT2D eigenvalue weighted by molar-refractivity contribution is -0.163. The fourth-order valence-corrected chi connectivity index (χ4v) is 6.06. The van der Waals surface area contributed by atoms with Crippen molar-refractivity contribution in [3.8, 4) is 11.1 Å². The van der Waals surface area contributed by atoms with Crippen LogP contribution in [0.3, 0.4) is 0 Å². The fourth-order valence-electron chi connectivity index (χ4n) is 6.06. The van der Waals surface area contributed by atoms with Crippen molar-refractivity contribution in [1.29, 1.82) is 0 Å². The summed E-state index contributed by atoms with van der Waals surface area (Å²) in [6, 6.07) is 15.5. The number of ether oxygens (including phenoxy) is 1. The molecule has 0 spiro atoms. The maximum atomic E-state index is 13.5. The summed E-state index contributed by atoms with van der Waals surface area (Å²) in [5, 5.41) is 12.5. The highest BCUT2D eigenvalue weighted by Crippen LogP contribution is 2.45. The molecule has 1 heterocycles. The number of nitrogens with zero attached hydrogens (tertiary/aromatic N) is 1. The molecule has 35 heavy (non-hydrogen) atoms. The minimum absolute atomic E-state index is 0.0291. The summed E-state index contributed by atoms with van der Waals surface area (Å²) in [7, 11) is 0. The average Bonchev–Trinajstić information content (AvgIpc) is 3.15. The van der Waals surface area contributed by atoms with Gasteiger partial charge in [0.15, 0.2) is 0 Å². The summed E-state index contributed by atoms with van der Waals surface area (Å²) < 4.78 is 5.64. The molecule has 184 valence electrons. The number of carboxylic acids is 1. The monoisotopic (exact) mass is 476 g/mol. The highest BCUT2D eigenvalue weighted by molar-refractivity contribution is 5.89. The lowest BCUT2D eigenvalue weighted by Crippen LogP contribution is -2.60. The van der Waals surface area contributed by atoms with Gasteiger partial charge in [0.25, 0.3) is 0 Å². The van der Waals surface area contributed by atoms with Crippen LogP contribution in [0.4, 0.5) is 4.79 Å². The van der Waals surface area contributed by atoms with Gasteiger partial charge in [0, 0.05) is 19.0 Å². The number of piperidine rings is 1. The Morgan fingerprint density at radius 2 is 1.66 bits per heavy atom. The summed E-state index contributed by atoms with van der Waals surface area (Å²) in [5.41, 5.74) is 3.88. The van der Waals surface area contributed by atoms with E-state index in [9.17, 15) is 19.5 Å². The van der Waals surface area contributed by atoms with E-state index >= 15 is 0 Å². The number of hydrogen-bond acceptors (Lipinski definition) is 4. The smallest absolute Gasteiger partial charge is 0.407 e. The number of carbonyl (C=O) groups excluding carboxylic acids is 2. The number of benzene rings is 2. The summed E-state index contributed by atoms with van der Waals surface area (Å²) in [6.07, 6.45) is 3.23. The second-order valence-corrected chi connectivity index (χ2v) is 10.2. The van der Waals surface area contributed by atoms with Gasteiger partial charge in [-0.1, -0.05) is 61.9 Å². The van der Waals surface area contributed by atoms with Crippen molar-refractivity contribution in [2.45, 2.75) is 51.0 Å². The number of amides is 2. The van der Waals surface area contributed by atoms with Gasteiger partial charge in [0.05, 0.1) is 5.41 Å². The van der Waals surface area contributed by atoms with Crippen molar-refractivity contribution < 1.29 is 24.2 Å². The Labute approximate surface area is 205 Å². The lowest BCUT2D eigenvalue weighted by atomic mass is 9.67. The van der Waals surface area contributed by atoms with Gasteiger partial charge in [-0.2, -0.15) is 0 Å². The van der Waals surface area contributed by atoms with E-state index in [0.717, 1.165) is 30.4 Å². The van der Waals surface area contributed by atoms with E-state index < -0.39 is 23.5 Å². The van der Waals surface area contributed by atoms with E-state index in [0.29, 0.717) is 19.4 Å². The van der Waals surface area contributed by atoms with Crippen LogP contribution in [0, 0.1) is 11.3 Å². The van der Waals surface area contributed by atoms with Crippen molar-refractivity contribution in [3.05, 3.63) is 59.7 Å². The van der Waals surface area contributed by atoms with Crippen LogP contribution in [0.5, 0.6) is 0 Å². The van der Waals surface area contributed by atoms with Gasteiger partial charge in [-0.25, -0.2) is 9.59 Å². The van der Waals surface area contributed by atoms with Gasteiger partial charge < -0.3 is 20.1 Å². The molecular weight excluding hydrogens is 444 g/mol. The number of hydrogen-bond donors (Lipinski definition) is 2. The molecule has 1 saturated heterocycles. The van der Waals surface area contributed by atoms with Gasteiger partial charge in [0.1, 0.15) is 12.6 Å². The molecule has 2 fully saturated rings. The largest absolute Gasteiger partial charge is 0.480 e. The lowest BCUT2D eigenvalue weighted by Gasteiger charge is -2.47. The molecule has 1 saturated carbocycles. The number of carbonyl (C=O) groups is 3. The van der Waals surface area contributed by atoms with Gasteiger partial charge in [0.2, 0.25) is 5.91 Å². The Kier molecular flexibility index (Phi) is 6.26. The van der Waals surface area contributed by atoms with Gasteiger partial charge in [-0.3, -0.25) is 4.79 Å². The van der Waals surface area contributed by atoms with Gasteiger partial charge in [-0.15, -0.1) is 0 Å². The zero-order valence-electron chi connectivity index (χ0n) is 20.0. The maximum absolute atomic E-state index is 13.5. The second kappa shape index (κ2) is 9.36. The predicted molar refractivity (Wildman–Crippen MR) is 131 cm³/mol. The Bertz CT molecular complexity index is 1100. The molecule has 2 aliphatic carbocycles. The fraction of sp³-hybridized carbons (Fsp3) is 0.464. The SMILES string of the molecule is CC1CCCN(C(=O)C2(CNC(=O)OCC3c4ccccc4-c4ccccc43)CCC2)C1C(=O)O. The molecule has 0 radical (unpaired) electrons. The Hall–Kier alpha value is -3.35. The molecule has 5 rings (SSSR count). The number of aliphatic carboxylic acids is 1. The third kappa shape index (κ3) is 4.17. The minimum Gasteiger partial charge on any atom is -0.480 e. The highest BCUT2D eigenvalue weighted by Gasteiger charge is 2.50. The van der Waals surface area contributed by atoms with Crippen LogP contribution in [0.25, 0.3) is 11.1 Å². The van der Waals surface area contributed by atoms with Crippen LogP contribution in [0.2, 0.25) is 0 Å². The number of likely N-dealkylation sites (tertiary alicyclic amines) is 1. The molecule has 7 nitrogen and oxygen atoms in total. The Balaban J connectivity index is 1.22. The van der Waals surface area contributed by atoms with Crippen LogP contribution in [0.15, 0.2) is 48.5 Å². The van der Waals surface area contributed by atoms with E-state index in [-0.39, 0.29) is 30.9 Å². The number of fused-ring (bicyclic) bond motifs is 3. The Morgan fingerprint density at radius 3 is 2.23 bits per heavy atom. The van der Waals surface area contributed by atoms with Gasteiger partial charge in [-0.05, 0) is 53.9 Å². The third-order valence-electron chi connectivity index (χ3n) is 8.13. The third-order valence-corrected chi connectivity index (χ3v) is 8.13. The first-order valence-corrected chi connectivity index (χ1v) is 12.5. The van der Waals surface area contributed by atoms with Crippen LogP contribution in [-0.2, 0) is 14.3 Å². The molecule has 2 aromatic rings. The second-order valence-electron chi connectivity index (χ2n) is 10.2. The number of rotatable bonds is 6. The van der Waals surface area contributed by atoms with E-state index in [1.165, 1.54) is 16.0 Å². The molecule has 1 aliphatic heterocycles. The molecule has 2 N–H and O–H groups in total. The summed E-state index contributed by atoms with van der Waals surface area (Å²) in [6.45, 7) is 2.72. The van der Waals surface area contributed by atoms with Crippen molar-refractivity contribution >= 4 is 18.0 Å². The zero-order chi connectivity index (χ0) is 24.6. The first kappa shape index (κ1) is 23.4. The first-order valence-electron chi connectivity index (χ1n) is 12.5. The molecular formula is C28H32N2O5. The zero-order valence-corrected chi connectivity index (χ0v) is 20.0. The van der Waals surface area contributed by atoms with Crippen molar-refractivity contribution in [3.63, 3.8) is 0 Å². The molecule has 2 aromatic carbocycles. The van der Waals surface area contributed by atoms with E-state index in [2.05, 4.69) is 29.6 Å². The number of alkyl carbamates (subject to hydrolysis) is 1. The number of carboxylic acid groups (broad SMARTS) is 1. The minimum atomic E-state index is -0.954. The molecule has 0 aromatic heterocycles. The molecule has 3 aliphatic rings. The van der Waals surface area contributed by atoms with Crippen LogP contribution < -0.4 is 5.32 Å². The van der Waals surface area contributed by atoms with Gasteiger partial charge >= 0.3 is 12.1 Å². The molecule has 0 bridgehead atoms. The summed E-state index contributed by atoms with van der Waals surface area (Å²) >= 11 is 0. The van der Waals surface area contributed by atoms with Crippen LogP contribution in [0.1, 0.15) is 56.1 Å². The predicted octanol–water partition coefficient (Wildman–Crippen LogP) is 4.41. The Morgan fingerprint density at radius 1 is 1.03 bits per heavy atom. The molecule has 7 heteroatoms. The van der Waals surface area contributed by atoms with Crippen molar-refractivity contribution in [1.82, 2.24) is 10.2 Å². The normalized spacial score (nSPS) is 22.5. The topological polar surface area (TPSA) is 95.9 Å². The molecule has 2 amide bonds. The standard InChI is InChI=1S/C28H32N2O5/c1-18-8-6-15-30(24(18)25(31)32)26(33)28(13-7-14-28)17-29-27(34)35-16-23-21-11-4-2-9-19(21)20-10-3-5-12-22(20)23/h2-5,9-12,18,23-24H,6-8,13-17H2,1H3,(H,29,34)(H,31,32). The quantitative estimate of drug-likeness (QED) is 0.644.